The highest BCUT2D eigenvalue weighted by Crippen LogP contribution is 2.14. The topological polar surface area (TPSA) is 79.8 Å². The number of benzene rings is 2. The minimum atomic E-state index is -0.281. The molecule has 0 unspecified atom stereocenters. The molecular weight excluding hydrogens is 336 g/mol. The second-order valence-corrected chi connectivity index (χ2v) is 6.38. The smallest absolute Gasteiger partial charge is 0.344 e. The van der Waals surface area contributed by atoms with Crippen molar-refractivity contribution in [3.05, 3.63) is 82.3 Å². The normalized spacial score (nSPS) is 10.6. The second-order valence-electron chi connectivity index (χ2n) is 5.43. The van der Waals surface area contributed by atoms with Crippen LogP contribution in [0.15, 0.2) is 70.6 Å². The van der Waals surface area contributed by atoms with Crippen LogP contribution in [0.1, 0.15) is 11.1 Å². The first-order chi connectivity index (χ1) is 12.2. The Hall–Kier alpha value is -2.80. The minimum absolute atomic E-state index is 0.101. The fraction of sp³-hybridized carbons (Fsp3) is 0.167. The highest BCUT2D eigenvalue weighted by atomic mass is 32.2. The molecule has 0 radical (unpaired) electrons. The van der Waals surface area contributed by atoms with Gasteiger partial charge in [-0.2, -0.15) is 0 Å². The summed E-state index contributed by atoms with van der Waals surface area (Å²) >= 11 is 1.24. The average molecular weight is 354 g/mol. The number of carbonyl (C=O) groups is 1. The van der Waals surface area contributed by atoms with Gasteiger partial charge in [0.05, 0.1) is 12.3 Å². The van der Waals surface area contributed by atoms with Crippen molar-refractivity contribution < 1.29 is 4.79 Å². The minimum Gasteiger partial charge on any atom is -0.351 e. The SMILES string of the molecule is O=C(CSc1n[nH]c(=O)n1Cc1ccccc1)NCc1ccccc1. The molecular formula is C18H18N4O2S. The fourth-order valence-electron chi connectivity index (χ4n) is 2.30. The number of nitrogens with one attached hydrogen (secondary N) is 2. The van der Waals surface area contributed by atoms with Crippen LogP contribution in [0.3, 0.4) is 0 Å². The Morgan fingerprint density at radius 2 is 1.68 bits per heavy atom. The van der Waals surface area contributed by atoms with Crippen LogP contribution in [0.25, 0.3) is 0 Å². The summed E-state index contributed by atoms with van der Waals surface area (Å²) < 4.78 is 1.53. The van der Waals surface area contributed by atoms with Gasteiger partial charge >= 0.3 is 5.69 Å². The maximum atomic E-state index is 12.0. The Labute approximate surface area is 149 Å². The van der Waals surface area contributed by atoms with E-state index < -0.39 is 0 Å². The number of hydrogen-bond acceptors (Lipinski definition) is 4. The lowest BCUT2D eigenvalue weighted by atomic mass is 10.2. The predicted octanol–water partition coefficient (Wildman–Crippen LogP) is 2.03. The second kappa shape index (κ2) is 8.34. The molecule has 0 aliphatic rings. The van der Waals surface area contributed by atoms with Crippen molar-refractivity contribution in [1.29, 1.82) is 0 Å². The molecule has 0 aliphatic carbocycles. The molecule has 7 heteroatoms. The maximum absolute atomic E-state index is 12.0. The van der Waals surface area contributed by atoms with Crippen LogP contribution < -0.4 is 11.0 Å². The van der Waals surface area contributed by atoms with E-state index in [1.807, 2.05) is 60.7 Å². The van der Waals surface area contributed by atoms with Gasteiger partial charge < -0.3 is 5.32 Å². The van der Waals surface area contributed by atoms with E-state index in [0.717, 1.165) is 11.1 Å². The van der Waals surface area contributed by atoms with Crippen LogP contribution in [0.5, 0.6) is 0 Å². The number of aromatic nitrogens is 3. The molecule has 25 heavy (non-hydrogen) atoms. The summed E-state index contributed by atoms with van der Waals surface area (Å²) in [6, 6.07) is 19.4. The average Bonchev–Trinajstić information content (AvgIpc) is 3.00. The van der Waals surface area contributed by atoms with Crippen molar-refractivity contribution in [3.63, 3.8) is 0 Å². The van der Waals surface area contributed by atoms with E-state index in [1.165, 1.54) is 16.3 Å². The van der Waals surface area contributed by atoms with E-state index in [4.69, 9.17) is 0 Å². The van der Waals surface area contributed by atoms with Crippen LogP contribution in [0.2, 0.25) is 0 Å². The third kappa shape index (κ3) is 4.84. The van der Waals surface area contributed by atoms with Gasteiger partial charge in [-0.25, -0.2) is 9.89 Å². The molecule has 6 nitrogen and oxygen atoms in total. The van der Waals surface area contributed by atoms with Gasteiger partial charge in [-0.15, -0.1) is 5.10 Å². The molecule has 3 rings (SSSR count). The Balaban J connectivity index is 1.56. The molecule has 0 saturated carbocycles. The third-order valence-electron chi connectivity index (χ3n) is 3.57. The lowest BCUT2D eigenvalue weighted by Crippen LogP contribution is -2.25. The van der Waals surface area contributed by atoms with Crippen LogP contribution in [0, 0.1) is 0 Å². The highest BCUT2D eigenvalue weighted by molar-refractivity contribution is 7.99. The first-order valence-electron chi connectivity index (χ1n) is 7.85. The van der Waals surface area contributed by atoms with Gasteiger partial charge in [0, 0.05) is 6.54 Å². The fourth-order valence-corrected chi connectivity index (χ4v) is 3.07. The van der Waals surface area contributed by atoms with E-state index in [9.17, 15) is 9.59 Å². The molecule has 1 heterocycles. The number of carbonyl (C=O) groups excluding carboxylic acids is 1. The van der Waals surface area contributed by atoms with Crippen molar-refractivity contribution in [2.75, 3.05) is 5.75 Å². The molecule has 0 fully saturated rings. The molecule has 128 valence electrons. The van der Waals surface area contributed by atoms with Gasteiger partial charge in [0.1, 0.15) is 0 Å². The molecule has 0 atom stereocenters. The Morgan fingerprint density at radius 3 is 2.36 bits per heavy atom. The summed E-state index contributed by atoms with van der Waals surface area (Å²) in [5.74, 6) is 0.0990. The monoisotopic (exact) mass is 354 g/mol. The Morgan fingerprint density at radius 1 is 1.04 bits per heavy atom. The van der Waals surface area contributed by atoms with Crippen molar-refractivity contribution in [3.8, 4) is 0 Å². The first-order valence-corrected chi connectivity index (χ1v) is 8.83. The summed E-state index contributed by atoms with van der Waals surface area (Å²) in [4.78, 5) is 23.9. The lowest BCUT2D eigenvalue weighted by molar-refractivity contribution is -0.118. The van der Waals surface area contributed by atoms with Crippen LogP contribution >= 0.6 is 11.8 Å². The van der Waals surface area contributed by atoms with E-state index >= 15 is 0 Å². The number of amides is 1. The van der Waals surface area contributed by atoms with Crippen LogP contribution in [-0.2, 0) is 17.9 Å². The van der Waals surface area contributed by atoms with E-state index in [-0.39, 0.29) is 17.3 Å². The standard InChI is InChI=1S/C18H18N4O2S/c23-16(19-11-14-7-3-1-4-8-14)13-25-18-21-20-17(24)22(18)12-15-9-5-2-6-10-15/h1-10H,11-13H2,(H,19,23)(H,20,24). The predicted molar refractivity (Wildman–Crippen MR) is 97.4 cm³/mol. The first kappa shape index (κ1) is 17.0. The molecule has 0 aliphatic heterocycles. The number of thioether (sulfide) groups is 1. The summed E-state index contributed by atoms with van der Waals surface area (Å²) in [7, 11) is 0. The molecule has 3 aromatic rings. The molecule has 2 aromatic carbocycles. The number of H-pyrrole nitrogens is 1. The van der Waals surface area contributed by atoms with Crippen LogP contribution in [-0.4, -0.2) is 26.4 Å². The number of aromatic amines is 1. The van der Waals surface area contributed by atoms with Gasteiger partial charge in [0.2, 0.25) is 5.91 Å². The van der Waals surface area contributed by atoms with Gasteiger partial charge in [-0.3, -0.25) is 9.36 Å². The van der Waals surface area contributed by atoms with E-state index in [1.54, 1.807) is 0 Å². The van der Waals surface area contributed by atoms with Crippen molar-refractivity contribution in [2.24, 2.45) is 0 Å². The zero-order chi connectivity index (χ0) is 17.5. The number of rotatable bonds is 7. The zero-order valence-corrected chi connectivity index (χ0v) is 14.3. The van der Waals surface area contributed by atoms with E-state index in [2.05, 4.69) is 15.5 Å². The number of nitrogens with zero attached hydrogens (tertiary/aromatic N) is 2. The van der Waals surface area contributed by atoms with E-state index in [0.29, 0.717) is 18.2 Å². The largest absolute Gasteiger partial charge is 0.351 e. The Bertz CT molecular complexity index is 875. The maximum Gasteiger partial charge on any atom is 0.344 e. The quantitative estimate of drug-likeness (QED) is 0.636. The summed E-state index contributed by atoms with van der Waals surface area (Å²) in [5, 5.41) is 9.82. The molecule has 1 amide bonds. The van der Waals surface area contributed by atoms with Crippen LogP contribution in [0.4, 0.5) is 0 Å². The third-order valence-corrected chi connectivity index (χ3v) is 4.55. The molecule has 0 spiro atoms. The van der Waals surface area contributed by atoms with Crippen molar-refractivity contribution in [1.82, 2.24) is 20.1 Å². The highest BCUT2D eigenvalue weighted by Gasteiger charge is 2.11. The Kier molecular flexibility index (Phi) is 5.69. The zero-order valence-electron chi connectivity index (χ0n) is 13.5. The summed E-state index contributed by atoms with van der Waals surface area (Å²) in [5.41, 5.74) is 1.76. The number of hydrogen-bond donors (Lipinski definition) is 2. The van der Waals surface area contributed by atoms with Gasteiger partial charge in [-0.05, 0) is 11.1 Å². The molecule has 2 N–H and O–H groups in total. The molecule has 1 aromatic heterocycles. The van der Waals surface area contributed by atoms with Gasteiger partial charge in [0.25, 0.3) is 0 Å². The lowest BCUT2D eigenvalue weighted by Gasteiger charge is -2.07. The summed E-state index contributed by atoms with van der Waals surface area (Å²) in [6.45, 7) is 0.905. The molecule has 0 bridgehead atoms. The van der Waals surface area contributed by atoms with Crippen molar-refractivity contribution >= 4 is 17.7 Å². The summed E-state index contributed by atoms with van der Waals surface area (Å²) in [6.07, 6.45) is 0. The molecule has 0 saturated heterocycles. The van der Waals surface area contributed by atoms with Gasteiger partial charge in [-0.1, -0.05) is 72.4 Å². The van der Waals surface area contributed by atoms with Gasteiger partial charge in [0.15, 0.2) is 5.16 Å². The van der Waals surface area contributed by atoms with Crippen molar-refractivity contribution in [2.45, 2.75) is 18.2 Å².